The molecule has 0 aliphatic carbocycles. The molecule has 0 saturated carbocycles. The number of nitrogens with one attached hydrogen (secondary N) is 2. The maximum absolute atomic E-state index is 13.1. The fourth-order valence-corrected chi connectivity index (χ4v) is 9.30. The van der Waals surface area contributed by atoms with E-state index in [4.69, 9.17) is 0 Å². The van der Waals surface area contributed by atoms with Crippen LogP contribution < -0.4 is 30.2 Å². The first-order valence-corrected chi connectivity index (χ1v) is 26.4. The van der Waals surface area contributed by atoms with Crippen LogP contribution in [0.15, 0.2) is 118 Å². The Balaban J connectivity index is 0.000000195. The monoisotopic (exact) mass is 1070 g/mol. The average molecular weight is 1080 g/mol. The number of rotatable bonds is 16. The third-order valence-electron chi connectivity index (χ3n) is 11.6. The number of aliphatic hydroxyl groups is 2. The van der Waals surface area contributed by atoms with Gasteiger partial charge in [0.05, 0.1) is 54.3 Å². The summed E-state index contributed by atoms with van der Waals surface area (Å²) in [6.45, 7) is 17.8. The molecule has 2 saturated heterocycles. The number of aliphatic hydroxyl groups excluding tert-OH is 2. The van der Waals surface area contributed by atoms with Gasteiger partial charge >= 0.3 is 0 Å². The van der Waals surface area contributed by atoms with Crippen molar-refractivity contribution in [2.45, 2.75) is 86.4 Å². The van der Waals surface area contributed by atoms with Gasteiger partial charge in [0.1, 0.15) is 24.3 Å². The highest BCUT2D eigenvalue weighted by molar-refractivity contribution is 7.99. The predicted molar refractivity (Wildman–Crippen MR) is 289 cm³/mol. The number of nitrogens with zero attached hydrogens (tertiary/aromatic N) is 18. The lowest BCUT2D eigenvalue weighted by Crippen LogP contribution is -2.47. The van der Waals surface area contributed by atoms with Gasteiger partial charge in [0, 0.05) is 103 Å². The van der Waals surface area contributed by atoms with Gasteiger partial charge in [0.25, 0.3) is 0 Å². The summed E-state index contributed by atoms with van der Waals surface area (Å²) < 4.78 is 29.7. The molecular formula is C50H60F2N20O2S2. The molecule has 2 unspecified atom stereocenters. The van der Waals surface area contributed by atoms with Crippen molar-refractivity contribution < 1.29 is 19.0 Å². The number of halogens is 2. The lowest BCUT2D eigenvalue weighted by Gasteiger charge is -2.34. The van der Waals surface area contributed by atoms with Gasteiger partial charge in [0.15, 0.2) is 0 Å². The van der Waals surface area contributed by atoms with E-state index < -0.39 is 12.2 Å². The molecule has 0 spiro atoms. The molecule has 2 aliphatic rings. The maximum Gasteiger partial charge on any atom is 0.232 e. The Morgan fingerprint density at radius 1 is 0.526 bits per heavy atom. The van der Waals surface area contributed by atoms with Crippen LogP contribution in [-0.2, 0) is 13.1 Å². The summed E-state index contributed by atoms with van der Waals surface area (Å²) in [7, 11) is 0. The van der Waals surface area contributed by atoms with Crippen LogP contribution in [0.25, 0.3) is 0 Å². The summed E-state index contributed by atoms with van der Waals surface area (Å²) in [6, 6.07) is 12.7. The minimum Gasteiger partial charge on any atom is -0.391 e. The van der Waals surface area contributed by atoms with Crippen LogP contribution in [0.2, 0.25) is 0 Å². The molecule has 2 aromatic carbocycles. The van der Waals surface area contributed by atoms with Gasteiger partial charge in [-0.3, -0.25) is 9.36 Å². The number of piperazine rings is 2. The molecule has 6 aromatic heterocycles. The van der Waals surface area contributed by atoms with Crippen LogP contribution in [0.5, 0.6) is 0 Å². The Hall–Kier alpha value is -7.68. The molecule has 26 heteroatoms. The van der Waals surface area contributed by atoms with Crippen LogP contribution in [0, 0.1) is 25.5 Å². The van der Waals surface area contributed by atoms with Gasteiger partial charge in [-0.15, -0.1) is 0 Å². The zero-order valence-electron chi connectivity index (χ0n) is 43.0. The van der Waals surface area contributed by atoms with Crippen LogP contribution in [0.4, 0.5) is 55.8 Å². The lowest BCUT2D eigenvalue weighted by atomic mass is 10.3. The summed E-state index contributed by atoms with van der Waals surface area (Å²) in [5, 5.41) is 34.4. The van der Waals surface area contributed by atoms with Crippen molar-refractivity contribution >= 4 is 70.6 Å². The number of aryl methyl sites for hydroxylation is 1. The number of anilines is 8. The van der Waals surface area contributed by atoms with Crippen molar-refractivity contribution in [3.8, 4) is 0 Å². The molecule has 398 valence electrons. The molecule has 8 heterocycles. The van der Waals surface area contributed by atoms with Gasteiger partial charge in [-0.2, -0.15) is 20.2 Å². The standard InChI is InChI=1S/2C24H27FN10OS.C2H6/c1-16(36)14-35-17(2)21(13-30-35)31-22-28-15-29-24(32-22)34-9-7-33(8-10-34)23-26-11-20(12-27-23)37-19-5-3-18(25)4-6-19;1-16(36)13-35-14-21(17(2)32-35)30-22-28-15-29-24(31-22)34-9-7-33(8-10-34)23-26-11-20(12-27-23)37-19-5-3-18(25)4-6-19;1-2/h3-6,11-13,15-16,36H,7-10,14H2,1-2H3,(H,28,29,31,32);3-6,11-12,14-16,36H,7-10,13H2,1-2H3,(H,28,29,30,31);1-2H3. The predicted octanol–water partition coefficient (Wildman–Crippen LogP) is 6.84. The number of hydrogen-bond donors (Lipinski definition) is 4. The van der Waals surface area contributed by atoms with Crippen molar-refractivity contribution in [3.63, 3.8) is 0 Å². The van der Waals surface area contributed by atoms with E-state index in [1.54, 1.807) is 78.5 Å². The van der Waals surface area contributed by atoms with Gasteiger partial charge < -0.3 is 40.4 Å². The smallest absolute Gasteiger partial charge is 0.232 e. The minimum absolute atomic E-state index is 0.254. The van der Waals surface area contributed by atoms with E-state index >= 15 is 0 Å². The third-order valence-corrected chi connectivity index (χ3v) is 13.5. The zero-order chi connectivity index (χ0) is 53.6. The second-order valence-corrected chi connectivity index (χ2v) is 19.6. The van der Waals surface area contributed by atoms with E-state index in [1.165, 1.54) is 60.4 Å². The summed E-state index contributed by atoms with van der Waals surface area (Å²) in [5.41, 5.74) is 3.23. The van der Waals surface area contributed by atoms with E-state index in [-0.39, 0.29) is 11.6 Å². The van der Waals surface area contributed by atoms with Crippen LogP contribution in [0.3, 0.4) is 0 Å². The van der Waals surface area contributed by atoms with Crippen LogP contribution in [-0.4, -0.2) is 144 Å². The molecule has 10 rings (SSSR count). The highest BCUT2D eigenvalue weighted by Gasteiger charge is 2.24. The van der Waals surface area contributed by atoms with Crippen molar-refractivity contribution in [1.82, 2.24) is 69.4 Å². The largest absolute Gasteiger partial charge is 0.391 e. The molecule has 22 nitrogen and oxygen atoms in total. The maximum atomic E-state index is 13.1. The van der Waals surface area contributed by atoms with Crippen LogP contribution >= 0.6 is 23.5 Å². The Bertz CT molecular complexity index is 2910. The molecule has 8 aromatic rings. The van der Waals surface area contributed by atoms with Crippen LogP contribution in [0.1, 0.15) is 39.1 Å². The Morgan fingerprint density at radius 3 is 1.36 bits per heavy atom. The molecule has 2 aliphatic heterocycles. The van der Waals surface area contributed by atoms with Gasteiger partial charge in [0.2, 0.25) is 35.7 Å². The van der Waals surface area contributed by atoms with Gasteiger partial charge in [-0.05, 0) is 76.2 Å². The molecule has 76 heavy (non-hydrogen) atoms. The zero-order valence-corrected chi connectivity index (χ0v) is 44.6. The van der Waals surface area contributed by atoms with E-state index in [1.807, 2.05) is 33.9 Å². The fourth-order valence-electron chi connectivity index (χ4n) is 7.79. The topological polar surface area (TPSA) is 242 Å². The highest BCUT2D eigenvalue weighted by Crippen LogP contribution is 2.29. The minimum atomic E-state index is -0.488. The molecule has 2 fully saturated rings. The first-order chi connectivity index (χ1) is 36.9. The Labute approximate surface area is 447 Å². The molecular weight excluding hydrogens is 1010 g/mol. The van der Waals surface area contributed by atoms with Crippen molar-refractivity contribution in [2.75, 3.05) is 82.6 Å². The second kappa shape index (κ2) is 26.2. The number of hydrogen-bond acceptors (Lipinski definition) is 22. The summed E-state index contributed by atoms with van der Waals surface area (Å²) in [6.07, 6.45) is 12.7. The molecule has 4 N–H and O–H groups in total. The quantitative estimate of drug-likeness (QED) is 0.0774. The number of aromatic nitrogens is 14. The Kier molecular flexibility index (Phi) is 18.8. The SMILES string of the molecule is CC.Cc1c(Nc2ncnc(N3CCN(c4ncc(Sc5ccc(F)cc5)cn4)CC3)n2)cnn1CC(C)O.Cc1nn(CC(C)O)cc1Nc1ncnc(N2CCN(c3ncc(Sc4ccc(F)cc4)cn3)CC2)n1. The van der Waals surface area contributed by atoms with Crippen molar-refractivity contribution in [1.29, 1.82) is 0 Å². The van der Waals surface area contributed by atoms with Gasteiger partial charge in [-0.25, -0.2) is 48.7 Å². The first-order valence-electron chi connectivity index (χ1n) is 24.7. The Morgan fingerprint density at radius 2 is 0.934 bits per heavy atom. The van der Waals surface area contributed by atoms with Gasteiger partial charge in [-0.1, -0.05) is 37.4 Å². The second-order valence-electron chi connectivity index (χ2n) is 17.3. The summed E-state index contributed by atoms with van der Waals surface area (Å²) in [4.78, 5) is 56.6. The highest BCUT2D eigenvalue weighted by atomic mass is 32.2. The molecule has 2 atom stereocenters. The third kappa shape index (κ3) is 15.0. The van der Waals surface area contributed by atoms with E-state index in [9.17, 15) is 19.0 Å². The summed E-state index contributed by atoms with van der Waals surface area (Å²) >= 11 is 2.99. The first kappa shape index (κ1) is 54.6. The lowest BCUT2D eigenvalue weighted by molar-refractivity contribution is 0.167. The molecule has 0 amide bonds. The van der Waals surface area contributed by atoms with E-state index in [2.05, 4.69) is 90.3 Å². The molecule has 0 bridgehead atoms. The van der Waals surface area contributed by atoms with Crippen molar-refractivity contribution in [3.05, 3.63) is 121 Å². The average Bonchev–Trinajstić information content (AvgIpc) is 3.96. The number of benzene rings is 2. The summed E-state index contributed by atoms with van der Waals surface area (Å²) in [5.74, 6) is 2.90. The molecule has 0 radical (unpaired) electrons. The van der Waals surface area contributed by atoms with Crippen molar-refractivity contribution in [2.24, 2.45) is 0 Å². The fraction of sp³-hybridized carbons (Fsp3) is 0.360. The van der Waals surface area contributed by atoms with E-state index in [0.717, 1.165) is 68.5 Å². The normalized spacial score (nSPS) is 14.3. The van der Waals surface area contributed by atoms with E-state index in [0.29, 0.717) is 75.0 Å².